The minimum atomic E-state index is -0.399. The van der Waals surface area contributed by atoms with E-state index in [-0.39, 0.29) is 11.9 Å². The molecule has 1 rings (SSSR count). The van der Waals surface area contributed by atoms with Crippen molar-refractivity contribution in [1.82, 2.24) is 0 Å². The fraction of sp³-hybridized carbons (Fsp3) is 0.706. The van der Waals surface area contributed by atoms with Gasteiger partial charge in [0.05, 0.1) is 6.42 Å². The highest BCUT2D eigenvalue weighted by atomic mass is 16.6. The van der Waals surface area contributed by atoms with Crippen LogP contribution in [0.2, 0.25) is 0 Å². The van der Waals surface area contributed by atoms with Crippen LogP contribution < -0.4 is 0 Å². The van der Waals surface area contributed by atoms with Gasteiger partial charge in [-0.15, -0.1) is 6.58 Å². The van der Waals surface area contributed by atoms with Gasteiger partial charge in [-0.05, 0) is 51.9 Å². The summed E-state index contributed by atoms with van der Waals surface area (Å²) in [5, 5.41) is 0. The Kier molecular flexibility index (Phi) is 5.84. The lowest BCUT2D eigenvalue weighted by Gasteiger charge is -2.25. The molecule has 0 amide bonds. The lowest BCUT2D eigenvalue weighted by Crippen LogP contribution is -2.26. The molecule has 19 heavy (non-hydrogen) atoms. The van der Waals surface area contributed by atoms with Gasteiger partial charge in [-0.2, -0.15) is 0 Å². The van der Waals surface area contributed by atoms with Crippen LogP contribution in [0, 0.1) is 11.8 Å². The Morgan fingerprint density at radius 2 is 1.89 bits per heavy atom. The average Bonchev–Trinajstić information content (AvgIpc) is 2.42. The van der Waals surface area contributed by atoms with Crippen LogP contribution >= 0.6 is 0 Å². The molecule has 0 aromatic heterocycles. The standard InChI is InChI=1S/C17H28O2/c1-6-9-14-10-7-8-11-15(13(14)2)12-16(18)19-17(3,4)5/h6,14-15H,1-2,7-12H2,3-5H3/t14?,15-/m0/s1. The number of allylic oxidation sites excluding steroid dienone is 2. The summed E-state index contributed by atoms with van der Waals surface area (Å²) >= 11 is 0. The second kappa shape index (κ2) is 6.93. The minimum Gasteiger partial charge on any atom is -0.460 e. The maximum Gasteiger partial charge on any atom is 0.306 e. The summed E-state index contributed by atoms with van der Waals surface area (Å²) in [4.78, 5) is 12.0. The summed E-state index contributed by atoms with van der Waals surface area (Å²) in [6, 6.07) is 0. The average molecular weight is 264 g/mol. The predicted octanol–water partition coefficient (Wildman–Crippen LogP) is 4.66. The Bertz CT molecular complexity index is 336. The van der Waals surface area contributed by atoms with Crippen molar-refractivity contribution >= 4 is 5.97 Å². The topological polar surface area (TPSA) is 26.3 Å². The molecule has 2 atom stereocenters. The number of esters is 1. The molecule has 0 radical (unpaired) electrons. The monoisotopic (exact) mass is 264 g/mol. The first-order valence-electron chi connectivity index (χ1n) is 7.35. The van der Waals surface area contributed by atoms with E-state index in [2.05, 4.69) is 13.2 Å². The number of hydrogen-bond donors (Lipinski definition) is 0. The van der Waals surface area contributed by atoms with Crippen molar-refractivity contribution in [2.24, 2.45) is 11.8 Å². The van der Waals surface area contributed by atoms with Crippen LogP contribution in [0.15, 0.2) is 24.8 Å². The van der Waals surface area contributed by atoms with Gasteiger partial charge in [-0.1, -0.05) is 31.1 Å². The van der Waals surface area contributed by atoms with Crippen molar-refractivity contribution in [2.45, 2.75) is 64.9 Å². The Balaban J connectivity index is 2.62. The Morgan fingerprint density at radius 3 is 2.42 bits per heavy atom. The molecule has 2 nitrogen and oxygen atoms in total. The fourth-order valence-corrected chi connectivity index (χ4v) is 2.77. The molecule has 1 unspecified atom stereocenters. The molecular weight excluding hydrogens is 236 g/mol. The first-order valence-corrected chi connectivity index (χ1v) is 7.35. The molecule has 0 N–H and O–H groups in total. The van der Waals surface area contributed by atoms with Gasteiger partial charge in [0, 0.05) is 0 Å². The molecule has 0 saturated heterocycles. The lowest BCUT2D eigenvalue weighted by atomic mass is 9.84. The Hall–Kier alpha value is -1.05. The van der Waals surface area contributed by atoms with E-state index in [0.717, 1.165) is 12.8 Å². The zero-order valence-corrected chi connectivity index (χ0v) is 12.7. The van der Waals surface area contributed by atoms with E-state index >= 15 is 0 Å². The summed E-state index contributed by atoms with van der Waals surface area (Å²) in [5.41, 5.74) is 0.826. The van der Waals surface area contributed by atoms with Gasteiger partial charge in [0.25, 0.3) is 0 Å². The van der Waals surface area contributed by atoms with Crippen LogP contribution in [-0.4, -0.2) is 11.6 Å². The molecule has 1 fully saturated rings. The first kappa shape index (κ1) is 16.0. The van der Waals surface area contributed by atoms with E-state index in [0.29, 0.717) is 12.3 Å². The third-order valence-electron chi connectivity index (χ3n) is 3.69. The second-order valence-electron chi connectivity index (χ2n) is 6.57. The number of carbonyl (C=O) groups is 1. The summed E-state index contributed by atoms with van der Waals surface area (Å²) in [6.07, 6.45) is 8.06. The van der Waals surface area contributed by atoms with Crippen molar-refractivity contribution in [3.63, 3.8) is 0 Å². The van der Waals surface area contributed by atoms with Gasteiger partial charge in [-0.3, -0.25) is 4.79 Å². The highest BCUT2D eigenvalue weighted by molar-refractivity contribution is 5.70. The maximum atomic E-state index is 12.0. The SMILES string of the molecule is C=CCC1CCCC[C@@H](CC(=O)OC(C)(C)C)C1=C. The largest absolute Gasteiger partial charge is 0.460 e. The molecule has 0 aliphatic heterocycles. The van der Waals surface area contributed by atoms with E-state index in [9.17, 15) is 4.79 Å². The number of hydrogen-bond acceptors (Lipinski definition) is 2. The number of carbonyl (C=O) groups excluding carboxylic acids is 1. The van der Waals surface area contributed by atoms with Crippen molar-refractivity contribution in [3.05, 3.63) is 24.8 Å². The smallest absolute Gasteiger partial charge is 0.306 e. The molecule has 1 saturated carbocycles. The van der Waals surface area contributed by atoms with Gasteiger partial charge in [0.1, 0.15) is 5.60 Å². The van der Waals surface area contributed by atoms with Crippen LogP contribution in [-0.2, 0) is 9.53 Å². The van der Waals surface area contributed by atoms with Crippen molar-refractivity contribution in [2.75, 3.05) is 0 Å². The van der Waals surface area contributed by atoms with Gasteiger partial charge in [0.15, 0.2) is 0 Å². The molecule has 108 valence electrons. The molecule has 0 bridgehead atoms. The van der Waals surface area contributed by atoms with Gasteiger partial charge < -0.3 is 4.74 Å². The van der Waals surface area contributed by atoms with Crippen molar-refractivity contribution < 1.29 is 9.53 Å². The van der Waals surface area contributed by atoms with Crippen LogP contribution in [0.4, 0.5) is 0 Å². The molecule has 0 aromatic rings. The molecule has 0 heterocycles. The number of rotatable bonds is 4. The van der Waals surface area contributed by atoms with E-state index in [1.54, 1.807) is 0 Å². The van der Waals surface area contributed by atoms with Crippen LogP contribution in [0.5, 0.6) is 0 Å². The molecule has 0 spiro atoms. The molecule has 2 heteroatoms. The normalized spacial score (nSPS) is 24.7. The molecule has 0 aromatic carbocycles. The highest BCUT2D eigenvalue weighted by Crippen LogP contribution is 2.36. The van der Waals surface area contributed by atoms with E-state index in [4.69, 9.17) is 4.74 Å². The van der Waals surface area contributed by atoms with Crippen LogP contribution in [0.1, 0.15) is 59.3 Å². The van der Waals surface area contributed by atoms with Gasteiger partial charge in [-0.25, -0.2) is 0 Å². The predicted molar refractivity (Wildman–Crippen MR) is 79.9 cm³/mol. The molecule has 1 aliphatic rings. The third kappa shape index (κ3) is 5.63. The summed E-state index contributed by atoms with van der Waals surface area (Å²) < 4.78 is 5.42. The van der Waals surface area contributed by atoms with E-state index in [1.165, 1.54) is 24.8 Å². The maximum absolute atomic E-state index is 12.0. The highest BCUT2D eigenvalue weighted by Gasteiger charge is 2.27. The molecule has 1 aliphatic carbocycles. The minimum absolute atomic E-state index is 0.0992. The number of ether oxygens (including phenoxy) is 1. The quantitative estimate of drug-likeness (QED) is 0.419. The van der Waals surface area contributed by atoms with Crippen LogP contribution in [0.3, 0.4) is 0 Å². The zero-order valence-electron chi connectivity index (χ0n) is 12.7. The zero-order chi connectivity index (χ0) is 14.5. The summed E-state index contributed by atoms with van der Waals surface area (Å²) in [5.74, 6) is 0.674. The van der Waals surface area contributed by atoms with Crippen molar-refractivity contribution in [1.29, 1.82) is 0 Å². The van der Waals surface area contributed by atoms with Crippen LogP contribution in [0.25, 0.3) is 0 Å². The van der Waals surface area contributed by atoms with Gasteiger partial charge in [0.2, 0.25) is 0 Å². The van der Waals surface area contributed by atoms with Gasteiger partial charge >= 0.3 is 5.97 Å². The summed E-state index contributed by atoms with van der Waals surface area (Å²) in [7, 11) is 0. The van der Waals surface area contributed by atoms with E-state index in [1.807, 2.05) is 26.8 Å². The first-order chi connectivity index (χ1) is 8.83. The molecular formula is C17H28O2. The lowest BCUT2D eigenvalue weighted by molar-refractivity contribution is -0.155. The fourth-order valence-electron chi connectivity index (χ4n) is 2.77. The summed E-state index contributed by atoms with van der Waals surface area (Å²) in [6.45, 7) is 13.8. The third-order valence-corrected chi connectivity index (χ3v) is 3.69. The Labute approximate surface area is 117 Å². The Morgan fingerprint density at radius 1 is 1.32 bits per heavy atom. The van der Waals surface area contributed by atoms with E-state index < -0.39 is 5.60 Å². The second-order valence-corrected chi connectivity index (χ2v) is 6.57. The van der Waals surface area contributed by atoms with Crippen molar-refractivity contribution in [3.8, 4) is 0 Å².